The Balaban J connectivity index is 2.18. The van der Waals surface area contributed by atoms with Gasteiger partial charge in [-0.3, -0.25) is 4.79 Å². The molecule has 0 atom stereocenters. The molecule has 1 aromatic carbocycles. The van der Waals surface area contributed by atoms with Crippen molar-refractivity contribution >= 4 is 39.1 Å². The van der Waals surface area contributed by atoms with Crippen LogP contribution in [0.2, 0.25) is 5.02 Å². The molecule has 5 heteroatoms. The van der Waals surface area contributed by atoms with Gasteiger partial charge in [0, 0.05) is 16.4 Å². The molecule has 88 valence electrons. The summed E-state index contributed by atoms with van der Waals surface area (Å²) in [5, 5.41) is 3.33. The lowest BCUT2D eigenvalue weighted by Gasteiger charge is -2.07. The maximum Gasteiger partial charge on any atom is 0.272 e. The second kappa shape index (κ2) is 4.94. The van der Waals surface area contributed by atoms with Crippen LogP contribution in [0.5, 0.6) is 0 Å². The summed E-state index contributed by atoms with van der Waals surface area (Å²) in [6.07, 6.45) is 1.57. The number of nitrogens with one attached hydrogen (secondary N) is 2. The highest BCUT2D eigenvalue weighted by atomic mass is 79.9. The summed E-state index contributed by atoms with van der Waals surface area (Å²) in [6, 6.07) is 7.26. The van der Waals surface area contributed by atoms with Crippen molar-refractivity contribution in [3.05, 3.63) is 51.2 Å². The molecule has 0 aliphatic rings. The fourth-order valence-electron chi connectivity index (χ4n) is 1.46. The van der Waals surface area contributed by atoms with Gasteiger partial charge < -0.3 is 10.3 Å². The van der Waals surface area contributed by atoms with Crippen LogP contribution in [0.3, 0.4) is 0 Å². The highest BCUT2D eigenvalue weighted by molar-refractivity contribution is 9.10. The van der Waals surface area contributed by atoms with E-state index in [1.807, 2.05) is 25.1 Å². The summed E-state index contributed by atoms with van der Waals surface area (Å²) in [7, 11) is 0. The third-order valence-corrected chi connectivity index (χ3v) is 3.04. The quantitative estimate of drug-likeness (QED) is 0.865. The zero-order chi connectivity index (χ0) is 12.4. The number of anilines is 1. The van der Waals surface area contributed by atoms with Gasteiger partial charge in [0.05, 0.1) is 5.02 Å². The highest BCUT2D eigenvalue weighted by Crippen LogP contribution is 2.21. The van der Waals surface area contributed by atoms with Crippen LogP contribution in [0.4, 0.5) is 5.69 Å². The molecule has 0 aliphatic heterocycles. The lowest BCUT2D eigenvalue weighted by atomic mass is 10.2. The third-order valence-electron chi connectivity index (χ3n) is 2.33. The smallest absolute Gasteiger partial charge is 0.272 e. The number of carbonyl (C=O) groups is 1. The molecule has 2 rings (SSSR count). The molecule has 1 amide bonds. The van der Waals surface area contributed by atoms with Crippen molar-refractivity contribution in [2.24, 2.45) is 0 Å². The minimum Gasteiger partial charge on any atom is -0.356 e. The van der Waals surface area contributed by atoms with E-state index in [1.165, 1.54) is 0 Å². The Morgan fingerprint density at radius 1 is 1.41 bits per heavy atom. The van der Waals surface area contributed by atoms with Gasteiger partial charge >= 0.3 is 0 Å². The molecule has 0 unspecified atom stereocenters. The zero-order valence-corrected chi connectivity index (χ0v) is 11.4. The normalized spacial score (nSPS) is 10.3. The zero-order valence-electron chi connectivity index (χ0n) is 9.05. The molecule has 17 heavy (non-hydrogen) atoms. The number of aryl methyl sites for hydroxylation is 1. The van der Waals surface area contributed by atoms with E-state index in [-0.39, 0.29) is 5.91 Å². The number of hydrogen-bond acceptors (Lipinski definition) is 1. The molecule has 1 heterocycles. The molecule has 0 bridgehead atoms. The summed E-state index contributed by atoms with van der Waals surface area (Å²) >= 11 is 9.12. The lowest BCUT2D eigenvalue weighted by molar-refractivity contribution is 0.102. The number of halogens is 2. The number of amides is 1. The van der Waals surface area contributed by atoms with Gasteiger partial charge in [-0.1, -0.05) is 27.5 Å². The third kappa shape index (κ3) is 2.90. The van der Waals surface area contributed by atoms with Gasteiger partial charge in [0.1, 0.15) is 5.69 Å². The standard InChI is InChI=1S/C12H10BrClN2O/c1-7-4-8(13)2-3-10(7)16-12(17)11-5-9(14)6-15-11/h2-6,15H,1H3,(H,16,17). The Hall–Kier alpha value is -1.26. The molecule has 0 saturated heterocycles. The number of aromatic amines is 1. The summed E-state index contributed by atoms with van der Waals surface area (Å²) in [4.78, 5) is 14.7. The Kier molecular flexibility index (Phi) is 3.54. The largest absolute Gasteiger partial charge is 0.356 e. The number of benzene rings is 1. The van der Waals surface area contributed by atoms with Crippen LogP contribution in [-0.2, 0) is 0 Å². The average Bonchev–Trinajstić information content (AvgIpc) is 2.69. The van der Waals surface area contributed by atoms with E-state index >= 15 is 0 Å². The first-order chi connectivity index (χ1) is 8.06. The molecular weight excluding hydrogens is 304 g/mol. The Labute approximate surface area is 112 Å². The predicted molar refractivity (Wildman–Crippen MR) is 72.6 cm³/mol. The SMILES string of the molecule is Cc1cc(Br)ccc1NC(=O)c1cc(Cl)c[nH]1. The number of hydrogen-bond donors (Lipinski definition) is 2. The molecule has 3 nitrogen and oxygen atoms in total. The van der Waals surface area contributed by atoms with Crippen LogP contribution < -0.4 is 5.32 Å². The van der Waals surface area contributed by atoms with Gasteiger partial charge in [-0.15, -0.1) is 0 Å². The first kappa shape index (κ1) is 12.2. The van der Waals surface area contributed by atoms with Crippen LogP contribution >= 0.6 is 27.5 Å². The second-order valence-corrected chi connectivity index (χ2v) is 5.00. The van der Waals surface area contributed by atoms with Crippen molar-refractivity contribution in [2.45, 2.75) is 6.92 Å². The molecular formula is C12H10BrClN2O. The average molecular weight is 314 g/mol. The second-order valence-electron chi connectivity index (χ2n) is 3.64. The van der Waals surface area contributed by atoms with Crippen molar-refractivity contribution in [3.63, 3.8) is 0 Å². The molecule has 0 saturated carbocycles. The van der Waals surface area contributed by atoms with Gasteiger partial charge in [-0.2, -0.15) is 0 Å². The van der Waals surface area contributed by atoms with E-state index in [0.717, 1.165) is 15.7 Å². The first-order valence-corrected chi connectivity index (χ1v) is 6.15. The van der Waals surface area contributed by atoms with Crippen molar-refractivity contribution in [1.82, 2.24) is 4.98 Å². The monoisotopic (exact) mass is 312 g/mol. The van der Waals surface area contributed by atoms with Crippen molar-refractivity contribution in [1.29, 1.82) is 0 Å². The lowest BCUT2D eigenvalue weighted by Crippen LogP contribution is -2.12. The van der Waals surface area contributed by atoms with E-state index in [1.54, 1.807) is 12.3 Å². The summed E-state index contributed by atoms with van der Waals surface area (Å²) in [5.41, 5.74) is 2.21. The number of aromatic nitrogens is 1. The molecule has 0 fully saturated rings. The van der Waals surface area contributed by atoms with E-state index < -0.39 is 0 Å². The van der Waals surface area contributed by atoms with Gasteiger partial charge in [-0.05, 0) is 36.8 Å². The van der Waals surface area contributed by atoms with E-state index in [9.17, 15) is 4.79 Å². The highest BCUT2D eigenvalue weighted by Gasteiger charge is 2.09. The summed E-state index contributed by atoms with van der Waals surface area (Å²) < 4.78 is 0.982. The van der Waals surface area contributed by atoms with Crippen LogP contribution in [0.1, 0.15) is 16.1 Å². The topological polar surface area (TPSA) is 44.9 Å². The molecule has 0 spiro atoms. The van der Waals surface area contributed by atoms with Gasteiger partial charge in [-0.25, -0.2) is 0 Å². The number of carbonyl (C=O) groups excluding carboxylic acids is 1. The minimum atomic E-state index is -0.206. The minimum absolute atomic E-state index is 0.206. The number of rotatable bonds is 2. The van der Waals surface area contributed by atoms with Crippen molar-refractivity contribution in [3.8, 4) is 0 Å². The van der Waals surface area contributed by atoms with E-state index in [4.69, 9.17) is 11.6 Å². The Morgan fingerprint density at radius 3 is 2.76 bits per heavy atom. The van der Waals surface area contributed by atoms with E-state index in [0.29, 0.717) is 10.7 Å². The van der Waals surface area contributed by atoms with Gasteiger partial charge in [0.15, 0.2) is 0 Å². The summed E-state index contributed by atoms with van der Waals surface area (Å²) in [5.74, 6) is -0.206. The molecule has 2 aromatic rings. The predicted octanol–water partition coefficient (Wildman–Crippen LogP) is 3.99. The van der Waals surface area contributed by atoms with E-state index in [2.05, 4.69) is 26.2 Å². The first-order valence-electron chi connectivity index (χ1n) is 4.97. The molecule has 2 N–H and O–H groups in total. The molecule has 0 aliphatic carbocycles. The fraction of sp³-hybridized carbons (Fsp3) is 0.0833. The maximum absolute atomic E-state index is 11.9. The molecule has 0 radical (unpaired) electrons. The van der Waals surface area contributed by atoms with Crippen molar-refractivity contribution in [2.75, 3.05) is 5.32 Å². The van der Waals surface area contributed by atoms with Crippen LogP contribution in [-0.4, -0.2) is 10.9 Å². The van der Waals surface area contributed by atoms with Gasteiger partial charge in [0.25, 0.3) is 5.91 Å². The van der Waals surface area contributed by atoms with Crippen LogP contribution in [0, 0.1) is 6.92 Å². The number of H-pyrrole nitrogens is 1. The van der Waals surface area contributed by atoms with Crippen LogP contribution in [0.25, 0.3) is 0 Å². The Bertz CT molecular complexity index is 565. The van der Waals surface area contributed by atoms with Crippen LogP contribution in [0.15, 0.2) is 34.9 Å². The summed E-state index contributed by atoms with van der Waals surface area (Å²) in [6.45, 7) is 1.93. The fourth-order valence-corrected chi connectivity index (χ4v) is 2.10. The molecule has 1 aromatic heterocycles. The van der Waals surface area contributed by atoms with Gasteiger partial charge in [0.2, 0.25) is 0 Å². The van der Waals surface area contributed by atoms with Crippen molar-refractivity contribution < 1.29 is 4.79 Å². The maximum atomic E-state index is 11.9. The Morgan fingerprint density at radius 2 is 2.18 bits per heavy atom.